The van der Waals surface area contributed by atoms with Gasteiger partial charge < -0.3 is 9.47 Å². The Balaban J connectivity index is 3.28. The third-order valence-corrected chi connectivity index (χ3v) is 2.47. The summed E-state index contributed by atoms with van der Waals surface area (Å²) in [6, 6.07) is 4.33. The van der Waals surface area contributed by atoms with E-state index in [1.807, 2.05) is 0 Å². The number of benzene rings is 1. The lowest BCUT2D eigenvalue weighted by atomic mass is 10.1. The molecule has 0 spiro atoms. The highest BCUT2D eigenvalue weighted by atomic mass is 35.5. The van der Waals surface area contributed by atoms with Crippen LogP contribution in [0, 0.1) is 0 Å². The Labute approximate surface area is 95.9 Å². The quantitative estimate of drug-likeness (QED) is 0.768. The van der Waals surface area contributed by atoms with E-state index in [9.17, 15) is 13.2 Å². The molecule has 0 fully saturated rings. The Kier molecular flexibility index (Phi) is 3.91. The number of halogens is 4. The average molecular weight is 255 g/mol. The Hall–Kier alpha value is -1.10. The molecule has 0 N–H and O–H groups in total. The minimum Gasteiger partial charge on any atom is -0.496 e. The van der Waals surface area contributed by atoms with Crippen molar-refractivity contribution in [1.29, 1.82) is 0 Å². The van der Waals surface area contributed by atoms with E-state index in [2.05, 4.69) is 0 Å². The highest BCUT2D eigenvalue weighted by molar-refractivity contribution is 6.21. The van der Waals surface area contributed by atoms with Gasteiger partial charge in [0.1, 0.15) is 11.5 Å². The van der Waals surface area contributed by atoms with Gasteiger partial charge in [-0.25, -0.2) is 0 Å². The zero-order valence-corrected chi connectivity index (χ0v) is 9.39. The Morgan fingerprint density at radius 1 is 1.12 bits per heavy atom. The van der Waals surface area contributed by atoms with E-state index in [4.69, 9.17) is 21.1 Å². The molecule has 16 heavy (non-hydrogen) atoms. The van der Waals surface area contributed by atoms with Crippen molar-refractivity contribution in [3.05, 3.63) is 23.8 Å². The number of alkyl halides is 4. The summed E-state index contributed by atoms with van der Waals surface area (Å²) in [6.07, 6.45) is -4.55. The minimum absolute atomic E-state index is 0.0525. The summed E-state index contributed by atoms with van der Waals surface area (Å²) >= 11 is 5.37. The van der Waals surface area contributed by atoms with Crippen LogP contribution in [0.1, 0.15) is 10.9 Å². The van der Waals surface area contributed by atoms with E-state index >= 15 is 0 Å². The smallest absolute Gasteiger partial charge is 0.409 e. The van der Waals surface area contributed by atoms with Gasteiger partial charge in [0.05, 0.1) is 19.8 Å². The molecule has 90 valence electrons. The third-order valence-electron chi connectivity index (χ3n) is 2.01. The van der Waals surface area contributed by atoms with Gasteiger partial charge in [0, 0.05) is 0 Å². The molecule has 0 amide bonds. The van der Waals surface area contributed by atoms with Crippen molar-refractivity contribution in [3.63, 3.8) is 0 Å². The second-order valence-corrected chi connectivity index (χ2v) is 3.42. The van der Waals surface area contributed by atoms with Crippen molar-refractivity contribution >= 4 is 11.6 Å². The van der Waals surface area contributed by atoms with Crippen LogP contribution in [0.25, 0.3) is 0 Å². The first kappa shape index (κ1) is 13.0. The van der Waals surface area contributed by atoms with E-state index in [-0.39, 0.29) is 17.1 Å². The third kappa shape index (κ3) is 2.52. The zero-order valence-electron chi connectivity index (χ0n) is 8.64. The molecule has 0 aliphatic rings. The molecule has 0 aromatic heterocycles. The van der Waals surface area contributed by atoms with Gasteiger partial charge in [-0.15, -0.1) is 11.6 Å². The summed E-state index contributed by atoms with van der Waals surface area (Å²) in [5, 5.41) is -2.15. The van der Waals surface area contributed by atoms with Gasteiger partial charge in [-0.05, 0) is 12.1 Å². The molecular weight excluding hydrogens is 245 g/mol. The van der Waals surface area contributed by atoms with Gasteiger partial charge in [0.2, 0.25) is 0 Å². The van der Waals surface area contributed by atoms with Crippen molar-refractivity contribution in [2.45, 2.75) is 11.6 Å². The van der Waals surface area contributed by atoms with Gasteiger partial charge in [0.25, 0.3) is 0 Å². The lowest BCUT2D eigenvalue weighted by Crippen LogP contribution is -2.17. The maximum atomic E-state index is 12.5. The fourth-order valence-electron chi connectivity index (χ4n) is 1.29. The first-order chi connectivity index (χ1) is 7.41. The lowest BCUT2D eigenvalue weighted by molar-refractivity contribution is -0.132. The van der Waals surface area contributed by atoms with E-state index in [0.717, 1.165) is 0 Å². The maximum absolute atomic E-state index is 12.5. The molecule has 0 radical (unpaired) electrons. The normalized spacial score (nSPS) is 13.4. The summed E-state index contributed by atoms with van der Waals surface area (Å²) < 4.78 is 47.3. The van der Waals surface area contributed by atoms with Crippen LogP contribution >= 0.6 is 11.6 Å². The van der Waals surface area contributed by atoms with Crippen molar-refractivity contribution in [1.82, 2.24) is 0 Å². The zero-order chi connectivity index (χ0) is 12.3. The van der Waals surface area contributed by atoms with Gasteiger partial charge in [0.15, 0.2) is 5.38 Å². The summed E-state index contributed by atoms with van der Waals surface area (Å²) in [5.41, 5.74) is -0.207. The molecule has 0 saturated carbocycles. The van der Waals surface area contributed by atoms with Crippen LogP contribution in [-0.4, -0.2) is 20.4 Å². The Morgan fingerprint density at radius 2 is 1.56 bits per heavy atom. The summed E-state index contributed by atoms with van der Waals surface area (Å²) in [4.78, 5) is 0. The predicted octanol–water partition coefficient (Wildman–Crippen LogP) is 3.55. The van der Waals surface area contributed by atoms with Crippen LogP contribution in [0.4, 0.5) is 13.2 Å². The Bertz CT molecular complexity index is 343. The van der Waals surface area contributed by atoms with Crippen molar-refractivity contribution in [2.75, 3.05) is 14.2 Å². The van der Waals surface area contributed by atoms with Crippen LogP contribution in [0.15, 0.2) is 18.2 Å². The molecule has 6 heteroatoms. The first-order valence-electron chi connectivity index (χ1n) is 4.33. The predicted molar refractivity (Wildman–Crippen MR) is 54.2 cm³/mol. The number of methoxy groups -OCH3 is 2. The summed E-state index contributed by atoms with van der Waals surface area (Å²) in [6.45, 7) is 0. The average Bonchev–Trinajstić information content (AvgIpc) is 2.25. The Morgan fingerprint density at radius 3 is 1.88 bits per heavy atom. The highest BCUT2D eigenvalue weighted by Gasteiger charge is 2.42. The summed E-state index contributed by atoms with van der Waals surface area (Å²) in [7, 11) is 2.55. The lowest BCUT2D eigenvalue weighted by Gasteiger charge is -2.19. The van der Waals surface area contributed by atoms with E-state index in [1.54, 1.807) is 0 Å². The molecule has 2 nitrogen and oxygen atoms in total. The van der Waals surface area contributed by atoms with Gasteiger partial charge >= 0.3 is 6.18 Å². The number of ether oxygens (including phenoxy) is 2. The maximum Gasteiger partial charge on any atom is 0.409 e. The summed E-state index contributed by atoms with van der Waals surface area (Å²) in [5.74, 6) is 0.105. The second-order valence-electron chi connectivity index (χ2n) is 2.98. The number of hydrogen-bond donors (Lipinski definition) is 0. The van der Waals surface area contributed by atoms with Crippen LogP contribution in [0.5, 0.6) is 11.5 Å². The first-order valence-corrected chi connectivity index (χ1v) is 4.77. The fraction of sp³-hybridized carbons (Fsp3) is 0.400. The molecule has 1 aromatic rings. The minimum atomic E-state index is -4.55. The van der Waals surface area contributed by atoms with Crippen LogP contribution in [0.2, 0.25) is 0 Å². The SMILES string of the molecule is COc1cccc(OC)c1C(Cl)C(F)(F)F. The van der Waals surface area contributed by atoms with Crippen molar-refractivity contribution < 1.29 is 22.6 Å². The molecule has 0 aliphatic carbocycles. The van der Waals surface area contributed by atoms with Crippen molar-refractivity contribution in [2.24, 2.45) is 0 Å². The van der Waals surface area contributed by atoms with Crippen molar-refractivity contribution in [3.8, 4) is 11.5 Å². The molecule has 1 atom stereocenters. The molecule has 0 saturated heterocycles. The largest absolute Gasteiger partial charge is 0.496 e. The van der Waals surface area contributed by atoms with Crippen LogP contribution in [0.3, 0.4) is 0 Å². The standard InChI is InChI=1S/C10H10ClF3O2/c1-15-6-4-3-5-7(16-2)8(6)9(11)10(12,13)14/h3-5,9H,1-2H3. The molecule has 0 bridgehead atoms. The van der Waals surface area contributed by atoms with Crippen LogP contribution < -0.4 is 9.47 Å². The molecule has 1 unspecified atom stereocenters. The molecule has 1 aromatic carbocycles. The number of rotatable bonds is 3. The molecular formula is C10H10ClF3O2. The molecule has 0 heterocycles. The fourth-order valence-corrected chi connectivity index (χ4v) is 1.51. The monoisotopic (exact) mass is 254 g/mol. The van der Waals surface area contributed by atoms with E-state index in [1.165, 1.54) is 32.4 Å². The van der Waals surface area contributed by atoms with Crippen LogP contribution in [-0.2, 0) is 0 Å². The van der Waals surface area contributed by atoms with E-state index < -0.39 is 11.6 Å². The molecule has 1 rings (SSSR count). The highest BCUT2D eigenvalue weighted by Crippen LogP contribution is 2.45. The van der Waals surface area contributed by atoms with Gasteiger partial charge in [-0.1, -0.05) is 6.07 Å². The topological polar surface area (TPSA) is 18.5 Å². The number of hydrogen-bond acceptors (Lipinski definition) is 2. The van der Waals surface area contributed by atoms with Gasteiger partial charge in [-0.2, -0.15) is 13.2 Å². The molecule has 0 aliphatic heterocycles. The van der Waals surface area contributed by atoms with Gasteiger partial charge in [-0.3, -0.25) is 0 Å². The second kappa shape index (κ2) is 4.82. The van der Waals surface area contributed by atoms with E-state index in [0.29, 0.717) is 0 Å².